The van der Waals surface area contributed by atoms with Crippen molar-refractivity contribution in [2.24, 2.45) is 0 Å². The van der Waals surface area contributed by atoms with Gasteiger partial charge >= 0.3 is 18.4 Å². The SMILES string of the molecule is CN1CCC(N(Cc2ccc(F)cn2)C(=O)NCc2ccc(OCC(F)(F)F)c(C(F)(F)F)c2)CC1. The first-order valence-corrected chi connectivity index (χ1v) is 11.0. The zero-order valence-corrected chi connectivity index (χ0v) is 19.3. The maximum Gasteiger partial charge on any atom is 0.422 e. The third-order valence-corrected chi connectivity index (χ3v) is 5.70. The number of nitrogens with zero attached hydrogens (tertiary/aromatic N) is 3. The molecule has 1 saturated heterocycles. The number of carbonyl (C=O) groups excluding carboxylic acids is 1. The Morgan fingerprint density at radius 2 is 1.83 bits per heavy atom. The Balaban J connectivity index is 1.74. The average molecular weight is 522 g/mol. The second-order valence-corrected chi connectivity index (χ2v) is 8.52. The molecule has 2 heterocycles. The van der Waals surface area contributed by atoms with E-state index in [1.807, 2.05) is 7.05 Å². The maximum absolute atomic E-state index is 13.4. The number of aromatic nitrogens is 1. The number of benzene rings is 1. The van der Waals surface area contributed by atoms with Crippen molar-refractivity contribution in [3.05, 3.63) is 59.2 Å². The predicted octanol–water partition coefficient (Wildman–Crippen LogP) is 4.99. The van der Waals surface area contributed by atoms with Crippen LogP contribution in [0.15, 0.2) is 36.5 Å². The van der Waals surface area contributed by atoms with E-state index in [0.29, 0.717) is 24.6 Å². The molecule has 0 saturated carbocycles. The summed E-state index contributed by atoms with van der Waals surface area (Å²) in [6.45, 7) is -0.631. The summed E-state index contributed by atoms with van der Waals surface area (Å²) in [7, 11) is 1.95. The van der Waals surface area contributed by atoms with Crippen LogP contribution in [0, 0.1) is 5.82 Å². The van der Waals surface area contributed by atoms with Crippen molar-refractivity contribution >= 4 is 6.03 Å². The topological polar surface area (TPSA) is 57.7 Å². The molecule has 1 aromatic heterocycles. The summed E-state index contributed by atoms with van der Waals surface area (Å²) in [5, 5.41) is 2.58. The van der Waals surface area contributed by atoms with E-state index in [4.69, 9.17) is 0 Å². The number of likely N-dealkylation sites (tertiary alicyclic amines) is 1. The van der Waals surface area contributed by atoms with Gasteiger partial charge in [-0.3, -0.25) is 4.98 Å². The molecular formula is C23H25F7N4O2. The van der Waals surface area contributed by atoms with E-state index in [1.54, 1.807) is 0 Å². The minimum atomic E-state index is -4.96. The molecule has 13 heteroatoms. The Morgan fingerprint density at radius 3 is 2.42 bits per heavy atom. The summed E-state index contributed by atoms with van der Waals surface area (Å²) in [5.74, 6) is -1.48. The molecule has 0 spiro atoms. The fourth-order valence-electron chi connectivity index (χ4n) is 3.82. The summed E-state index contributed by atoms with van der Waals surface area (Å²) in [5.41, 5.74) is -0.907. The Morgan fingerprint density at radius 1 is 1.14 bits per heavy atom. The summed E-state index contributed by atoms with van der Waals surface area (Å²) < 4.78 is 95.0. The highest BCUT2D eigenvalue weighted by atomic mass is 19.4. The molecule has 0 aliphatic carbocycles. The van der Waals surface area contributed by atoms with E-state index in [2.05, 4.69) is 19.9 Å². The second kappa shape index (κ2) is 11.3. The molecule has 2 aromatic rings. The summed E-state index contributed by atoms with van der Waals surface area (Å²) in [6.07, 6.45) is -7.41. The third kappa shape index (κ3) is 7.97. The van der Waals surface area contributed by atoms with Crippen molar-refractivity contribution in [1.29, 1.82) is 0 Å². The molecule has 0 atom stereocenters. The van der Waals surface area contributed by atoms with E-state index >= 15 is 0 Å². The first kappa shape index (κ1) is 27.5. The zero-order valence-electron chi connectivity index (χ0n) is 19.3. The number of amides is 2. The van der Waals surface area contributed by atoms with Crippen molar-refractivity contribution in [3.63, 3.8) is 0 Å². The average Bonchev–Trinajstić information content (AvgIpc) is 2.80. The zero-order chi connectivity index (χ0) is 26.5. The lowest BCUT2D eigenvalue weighted by Crippen LogP contribution is -2.49. The van der Waals surface area contributed by atoms with Gasteiger partial charge in [0.15, 0.2) is 6.61 Å². The van der Waals surface area contributed by atoms with Crippen molar-refractivity contribution < 1.29 is 40.3 Å². The highest BCUT2D eigenvalue weighted by molar-refractivity contribution is 5.74. The molecule has 1 aliphatic rings. The summed E-state index contributed by atoms with van der Waals surface area (Å²) in [6, 6.07) is 4.54. The number of hydrogen-bond donors (Lipinski definition) is 1. The van der Waals surface area contributed by atoms with Gasteiger partial charge in [-0.1, -0.05) is 6.07 Å². The molecule has 1 fully saturated rings. The number of rotatable bonds is 7. The van der Waals surface area contributed by atoms with E-state index in [9.17, 15) is 35.5 Å². The van der Waals surface area contributed by atoms with E-state index in [-0.39, 0.29) is 24.7 Å². The Hall–Kier alpha value is -3.09. The van der Waals surface area contributed by atoms with Crippen molar-refractivity contribution in [2.45, 2.75) is 44.3 Å². The summed E-state index contributed by atoms with van der Waals surface area (Å²) >= 11 is 0. The Kier molecular flexibility index (Phi) is 8.64. The molecule has 0 unspecified atom stereocenters. The van der Waals surface area contributed by atoms with Crippen LogP contribution < -0.4 is 10.1 Å². The van der Waals surface area contributed by atoms with Crippen LogP contribution in [0.1, 0.15) is 29.7 Å². The number of piperidine rings is 1. The lowest BCUT2D eigenvalue weighted by atomic mass is 10.0. The Bertz CT molecular complexity index is 1020. The standard InChI is InChI=1S/C23H25F7N4O2/c1-33-8-6-18(7-9-33)34(13-17-4-3-16(24)12-31-17)21(35)32-11-15-2-5-20(36-14-22(25,26)27)19(10-15)23(28,29)30/h2-5,10,12,18H,6-9,11,13-14H2,1H3,(H,32,35). The molecule has 1 aliphatic heterocycles. The molecule has 1 aromatic carbocycles. The smallest absolute Gasteiger partial charge is 0.422 e. The number of urea groups is 1. The number of nitrogens with one attached hydrogen (secondary N) is 1. The van der Waals surface area contributed by atoms with Crippen LogP contribution in [0.4, 0.5) is 35.5 Å². The molecule has 6 nitrogen and oxygen atoms in total. The van der Waals surface area contributed by atoms with Crippen molar-refractivity contribution in [1.82, 2.24) is 20.1 Å². The van der Waals surface area contributed by atoms with Crippen LogP contribution in [-0.4, -0.2) is 59.8 Å². The normalized spacial score (nSPS) is 15.6. The van der Waals surface area contributed by atoms with Crippen LogP contribution in [0.25, 0.3) is 0 Å². The number of ether oxygens (including phenoxy) is 1. The highest BCUT2D eigenvalue weighted by Gasteiger charge is 2.36. The summed E-state index contributed by atoms with van der Waals surface area (Å²) in [4.78, 5) is 20.7. The van der Waals surface area contributed by atoms with Gasteiger partial charge in [0.1, 0.15) is 11.6 Å². The highest BCUT2D eigenvalue weighted by Crippen LogP contribution is 2.37. The number of alkyl halides is 6. The van der Waals surface area contributed by atoms with Gasteiger partial charge in [-0.25, -0.2) is 9.18 Å². The number of hydrogen-bond acceptors (Lipinski definition) is 4. The molecule has 3 rings (SSSR count). The van der Waals surface area contributed by atoms with Gasteiger partial charge in [0, 0.05) is 12.6 Å². The molecule has 198 valence electrons. The minimum absolute atomic E-state index is 0.0262. The van der Waals surface area contributed by atoms with Crippen molar-refractivity contribution in [3.8, 4) is 5.75 Å². The first-order chi connectivity index (χ1) is 16.8. The van der Waals surface area contributed by atoms with Gasteiger partial charge in [-0.15, -0.1) is 0 Å². The quantitative estimate of drug-likeness (QED) is 0.521. The van der Waals surface area contributed by atoms with Crippen LogP contribution >= 0.6 is 0 Å². The fraction of sp³-hybridized carbons (Fsp3) is 0.478. The van der Waals surface area contributed by atoms with E-state index in [0.717, 1.165) is 31.4 Å². The largest absolute Gasteiger partial charge is 0.483 e. The van der Waals surface area contributed by atoms with E-state index < -0.39 is 42.1 Å². The molecule has 0 radical (unpaired) electrons. The molecule has 1 N–H and O–H groups in total. The first-order valence-electron chi connectivity index (χ1n) is 11.0. The van der Waals surface area contributed by atoms with Gasteiger partial charge in [0.2, 0.25) is 0 Å². The van der Waals surface area contributed by atoms with Crippen LogP contribution in [0.5, 0.6) is 5.75 Å². The van der Waals surface area contributed by atoms with E-state index in [1.165, 1.54) is 17.0 Å². The maximum atomic E-state index is 13.4. The third-order valence-electron chi connectivity index (χ3n) is 5.70. The van der Waals surface area contributed by atoms with Gasteiger partial charge in [-0.05, 0) is 62.8 Å². The number of halogens is 7. The second-order valence-electron chi connectivity index (χ2n) is 8.52. The monoisotopic (exact) mass is 522 g/mol. The predicted molar refractivity (Wildman–Crippen MR) is 115 cm³/mol. The molecule has 36 heavy (non-hydrogen) atoms. The van der Waals surface area contributed by atoms with Gasteiger partial charge in [-0.2, -0.15) is 26.3 Å². The fourth-order valence-corrected chi connectivity index (χ4v) is 3.82. The van der Waals surface area contributed by atoms with Crippen LogP contribution in [-0.2, 0) is 19.3 Å². The minimum Gasteiger partial charge on any atom is -0.483 e. The van der Waals surface area contributed by atoms with Crippen LogP contribution in [0.3, 0.4) is 0 Å². The molecule has 2 amide bonds. The van der Waals surface area contributed by atoms with Gasteiger partial charge in [0.25, 0.3) is 0 Å². The lowest BCUT2D eigenvalue weighted by molar-refractivity contribution is -0.158. The number of carbonyl (C=O) groups is 1. The van der Waals surface area contributed by atoms with Crippen molar-refractivity contribution in [2.75, 3.05) is 26.7 Å². The van der Waals surface area contributed by atoms with Gasteiger partial charge < -0.3 is 19.9 Å². The molecule has 0 bridgehead atoms. The van der Waals surface area contributed by atoms with Gasteiger partial charge in [0.05, 0.1) is 24.0 Å². The Labute approximate surface area is 203 Å². The number of pyridine rings is 1. The lowest BCUT2D eigenvalue weighted by Gasteiger charge is -2.37. The van der Waals surface area contributed by atoms with Crippen LogP contribution in [0.2, 0.25) is 0 Å². The molecular weight excluding hydrogens is 497 g/mol.